The summed E-state index contributed by atoms with van der Waals surface area (Å²) in [6, 6.07) is 5.62. The summed E-state index contributed by atoms with van der Waals surface area (Å²) in [6.07, 6.45) is -2.44. The van der Waals surface area contributed by atoms with E-state index in [4.69, 9.17) is 19.3 Å². The lowest BCUT2D eigenvalue weighted by molar-refractivity contribution is -0.386. The van der Waals surface area contributed by atoms with Crippen molar-refractivity contribution in [3.63, 3.8) is 0 Å². The molecule has 22 heteroatoms. The first-order valence-electron chi connectivity index (χ1n) is 10.6. The molecular weight excluding hydrogens is 595 g/mol. The van der Waals surface area contributed by atoms with E-state index in [0.717, 1.165) is 4.57 Å². The van der Waals surface area contributed by atoms with E-state index in [1.165, 1.54) is 37.4 Å². The van der Waals surface area contributed by atoms with E-state index in [1.54, 1.807) is 0 Å². The van der Waals surface area contributed by atoms with Gasteiger partial charge < -0.3 is 29.0 Å². The van der Waals surface area contributed by atoms with Gasteiger partial charge in [-0.15, -0.1) is 0 Å². The van der Waals surface area contributed by atoms with Crippen molar-refractivity contribution in [3.05, 3.63) is 72.5 Å². The molecule has 0 amide bonds. The molecule has 0 aliphatic carbocycles. The number of aromatic nitrogens is 2. The van der Waals surface area contributed by atoms with E-state index in [1.807, 2.05) is 0 Å². The Labute approximate surface area is 217 Å². The van der Waals surface area contributed by atoms with Crippen molar-refractivity contribution >= 4 is 29.2 Å². The average molecular weight is 617 g/mol. The van der Waals surface area contributed by atoms with Gasteiger partial charge in [-0.25, -0.2) is 18.5 Å². The molecule has 0 spiro atoms. The first kappa shape index (κ1) is 31.2. The molecule has 19 nitrogen and oxygen atoms in total. The van der Waals surface area contributed by atoms with Gasteiger partial charge in [0.15, 0.2) is 0 Å². The van der Waals surface area contributed by atoms with E-state index in [2.05, 4.69) is 18.1 Å². The molecule has 0 bridgehead atoms. The predicted molar refractivity (Wildman–Crippen MR) is 126 cm³/mol. The number of nitro groups is 1. The zero-order valence-corrected chi connectivity index (χ0v) is 22.3. The van der Waals surface area contributed by atoms with Crippen LogP contribution in [0.1, 0.15) is 23.8 Å². The van der Waals surface area contributed by atoms with E-state index in [9.17, 15) is 43.2 Å². The van der Waals surface area contributed by atoms with Crippen LogP contribution in [0.15, 0.2) is 40.1 Å². The van der Waals surface area contributed by atoms with E-state index >= 15 is 0 Å². The van der Waals surface area contributed by atoms with Gasteiger partial charge in [-0.2, -0.15) is 8.62 Å². The van der Waals surface area contributed by atoms with Crippen LogP contribution in [0.25, 0.3) is 0 Å². The van der Waals surface area contributed by atoms with Crippen LogP contribution in [0.2, 0.25) is 0 Å². The molecule has 3 rings (SSSR count). The second-order valence-corrected chi connectivity index (χ2v) is 12.4. The Morgan fingerprint density at radius 1 is 1.13 bits per heavy atom. The average Bonchev–Trinajstić information content (AvgIpc) is 3.19. The van der Waals surface area contributed by atoms with Crippen LogP contribution in [-0.2, 0) is 42.9 Å². The molecular formula is C17H22N3O16P3. The number of nitrogens with zero attached hydrogens (tertiary/aromatic N) is 2. The topological polar surface area (TPSA) is 276 Å². The molecule has 5 N–H and O–H groups in total. The minimum absolute atomic E-state index is 0.129. The molecule has 0 radical (unpaired) electrons. The number of aromatic amines is 1. The fourth-order valence-electron chi connectivity index (χ4n) is 3.48. The van der Waals surface area contributed by atoms with Crippen molar-refractivity contribution in [1.82, 2.24) is 9.55 Å². The molecule has 2 unspecified atom stereocenters. The van der Waals surface area contributed by atoms with Gasteiger partial charge in [-0.05, 0) is 13.0 Å². The third kappa shape index (κ3) is 8.81. The van der Waals surface area contributed by atoms with Crippen LogP contribution < -0.4 is 11.2 Å². The Morgan fingerprint density at radius 2 is 1.79 bits per heavy atom. The molecule has 0 saturated carbocycles. The second kappa shape index (κ2) is 12.0. The maximum absolute atomic E-state index is 12.3. The van der Waals surface area contributed by atoms with Crippen LogP contribution in [-0.4, -0.2) is 52.9 Å². The largest absolute Gasteiger partial charge is 0.490 e. The van der Waals surface area contributed by atoms with Crippen LogP contribution in [0.5, 0.6) is 0 Å². The monoisotopic (exact) mass is 617 g/mol. The number of hydrogen-bond donors (Lipinski definition) is 5. The summed E-state index contributed by atoms with van der Waals surface area (Å²) < 4.78 is 58.9. The van der Waals surface area contributed by atoms with Crippen molar-refractivity contribution in [3.8, 4) is 0 Å². The van der Waals surface area contributed by atoms with Crippen molar-refractivity contribution in [1.29, 1.82) is 0 Å². The summed E-state index contributed by atoms with van der Waals surface area (Å²) in [4.78, 5) is 73.1. The summed E-state index contributed by atoms with van der Waals surface area (Å²) in [5, 5.41) is 11.3. The number of H-pyrrole nitrogens is 1. The van der Waals surface area contributed by atoms with E-state index < -0.39 is 64.7 Å². The van der Waals surface area contributed by atoms with Crippen LogP contribution in [0.3, 0.4) is 0 Å². The highest BCUT2D eigenvalue weighted by Crippen LogP contribution is 2.66. The fraction of sp³-hybridized carbons (Fsp3) is 0.412. The number of nitrogens with one attached hydrogen (secondary N) is 1. The van der Waals surface area contributed by atoms with Crippen molar-refractivity contribution in [2.24, 2.45) is 0 Å². The zero-order chi connectivity index (χ0) is 29.2. The van der Waals surface area contributed by atoms with Gasteiger partial charge in [0.1, 0.15) is 12.3 Å². The highest BCUT2D eigenvalue weighted by Gasteiger charge is 2.43. The van der Waals surface area contributed by atoms with Crippen LogP contribution >= 0.6 is 23.5 Å². The number of para-hydroxylation sites is 1. The first-order chi connectivity index (χ1) is 18.0. The molecule has 1 saturated heterocycles. The van der Waals surface area contributed by atoms with Crippen LogP contribution in [0.4, 0.5) is 5.69 Å². The first-order valence-corrected chi connectivity index (χ1v) is 15.1. The SMILES string of the molecule is Cc1cn([C@H]2C[C@H](OCc3ccccc3[N+](=O)[O-])[C@@H](COP(=O)(O)OP(=O)(O)OP(=O)(O)O)O2)c(=O)[nH]c1=O. The number of aryl methyl sites for hydroxylation is 1. The standard InChI is InChI=1S/C17H22N3O16P3/c1-10-7-19(17(22)18-16(10)21)15-6-13(32-8-11-4-2-3-5-12(11)20(23)24)14(34-15)9-33-38(28,29)36-39(30,31)35-37(25,26)27/h2-5,7,13-15H,6,8-9H2,1H3,(H,28,29)(H,30,31)(H,18,21,22)(H2,25,26,27)/t13-,14+,15+/m0/s1. The number of phosphoric ester groups is 1. The molecule has 1 aliphatic heterocycles. The Balaban J connectivity index is 1.80. The number of rotatable bonds is 12. The number of benzene rings is 1. The smallest absolute Gasteiger partial charge is 0.370 e. The normalized spacial score (nSPS) is 22.7. The van der Waals surface area contributed by atoms with Crippen molar-refractivity contribution in [2.75, 3.05) is 6.61 Å². The molecule has 1 fully saturated rings. The van der Waals surface area contributed by atoms with E-state index in [-0.39, 0.29) is 29.8 Å². The maximum atomic E-state index is 12.3. The third-order valence-corrected chi connectivity index (χ3v) is 8.90. The summed E-state index contributed by atoms with van der Waals surface area (Å²) in [5.74, 6) is 0. The van der Waals surface area contributed by atoms with Gasteiger partial charge in [-0.3, -0.25) is 29.0 Å². The fourth-order valence-corrected chi connectivity index (χ4v) is 6.51. The quantitative estimate of drug-likeness (QED) is 0.126. The van der Waals surface area contributed by atoms with Gasteiger partial charge in [0, 0.05) is 24.2 Å². The van der Waals surface area contributed by atoms with Gasteiger partial charge in [-0.1, -0.05) is 12.1 Å². The van der Waals surface area contributed by atoms with Crippen LogP contribution in [0, 0.1) is 17.0 Å². The number of hydrogen-bond acceptors (Lipinski definition) is 12. The summed E-state index contributed by atoms with van der Waals surface area (Å²) in [7, 11) is -16.9. The lowest BCUT2D eigenvalue weighted by atomic mass is 10.1. The highest BCUT2D eigenvalue weighted by atomic mass is 31.3. The van der Waals surface area contributed by atoms with Gasteiger partial charge in [0.2, 0.25) is 0 Å². The molecule has 5 atom stereocenters. The number of ether oxygens (including phenoxy) is 2. The molecule has 1 aromatic carbocycles. The minimum atomic E-state index is -5.77. The molecule has 216 valence electrons. The third-order valence-electron chi connectivity index (χ3n) is 5.10. The lowest BCUT2D eigenvalue weighted by Gasteiger charge is -2.21. The highest BCUT2D eigenvalue weighted by molar-refractivity contribution is 7.66. The molecule has 1 aromatic heterocycles. The summed E-state index contributed by atoms with van der Waals surface area (Å²) in [5.41, 5.74) is -1.46. The Hall–Kier alpha value is -2.37. The Morgan fingerprint density at radius 3 is 2.44 bits per heavy atom. The summed E-state index contributed by atoms with van der Waals surface area (Å²) >= 11 is 0. The second-order valence-electron chi connectivity index (χ2n) is 7.97. The molecule has 2 heterocycles. The predicted octanol–water partition coefficient (Wildman–Crippen LogP) is 0.969. The van der Waals surface area contributed by atoms with E-state index in [0.29, 0.717) is 0 Å². The minimum Gasteiger partial charge on any atom is -0.370 e. The molecule has 1 aliphatic rings. The number of phosphoric acid groups is 3. The van der Waals surface area contributed by atoms with Crippen molar-refractivity contribution < 1.29 is 60.8 Å². The number of nitro benzene ring substituents is 1. The lowest BCUT2D eigenvalue weighted by Crippen LogP contribution is -2.33. The van der Waals surface area contributed by atoms with Gasteiger partial charge in [0.05, 0.1) is 29.8 Å². The Bertz CT molecular complexity index is 1480. The van der Waals surface area contributed by atoms with Gasteiger partial charge in [0.25, 0.3) is 11.2 Å². The van der Waals surface area contributed by atoms with Gasteiger partial charge >= 0.3 is 29.2 Å². The zero-order valence-electron chi connectivity index (χ0n) is 19.7. The Kier molecular flexibility index (Phi) is 9.60. The van der Waals surface area contributed by atoms with Crippen molar-refractivity contribution in [2.45, 2.75) is 38.4 Å². The molecule has 2 aromatic rings. The maximum Gasteiger partial charge on any atom is 0.490 e. The molecule has 39 heavy (non-hydrogen) atoms. The summed E-state index contributed by atoms with van der Waals surface area (Å²) in [6.45, 7) is 0.168.